The lowest BCUT2D eigenvalue weighted by molar-refractivity contribution is -0.119. The van der Waals surface area contributed by atoms with E-state index in [-0.39, 0.29) is 6.61 Å². The van der Waals surface area contributed by atoms with Crippen molar-refractivity contribution in [3.8, 4) is 17.1 Å². The Morgan fingerprint density at radius 3 is 2.76 bits per heavy atom. The number of nitrogens with two attached hydrogens (primary N) is 1. The van der Waals surface area contributed by atoms with Crippen LogP contribution in [0.2, 0.25) is 0 Å². The number of hydrogen-bond donors (Lipinski definition) is 1. The number of nitrogens with zero attached hydrogens (tertiary/aromatic N) is 4. The van der Waals surface area contributed by atoms with Crippen LogP contribution in [0, 0.1) is 6.92 Å². The maximum atomic E-state index is 10.7. The fourth-order valence-corrected chi connectivity index (χ4v) is 2.48. The molecule has 0 fully saturated rings. The Kier molecular flexibility index (Phi) is 5.13. The molecule has 0 saturated carbocycles. The Morgan fingerprint density at radius 1 is 1.36 bits per heavy atom. The number of amides is 1. The topological polar surface area (TPSA) is 109 Å². The average molecular weight is 406 g/mol. The first kappa shape index (κ1) is 17.2. The predicted octanol–water partition coefficient (Wildman–Crippen LogP) is 2.11. The van der Waals surface area contributed by atoms with Gasteiger partial charge in [-0.25, -0.2) is 0 Å². The molecule has 9 heteroatoms. The number of aromatic nitrogens is 4. The molecule has 130 valence electrons. The molecule has 8 nitrogen and oxygen atoms in total. The summed E-state index contributed by atoms with van der Waals surface area (Å²) < 4.78 is 13.3. The van der Waals surface area contributed by atoms with E-state index in [0.717, 1.165) is 15.7 Å². The predicted molar refractivity (Wildman–Crippen MR) is 92.8 cm³/mol. The standard InChI is InChI=1S/C16H16BrN5O3/c1-10-13(17)8-19-22(10)7-6-15-20-16(21-25-15)11-2-4-12(5-3-11)24-9-14(18)23/h2-5,8H,6-7,9H2,1H3,(H2,18,23). The zero-order valence-corrected chi connectivity index (χ0v) is 15.1. The Labute approximate surface area is 152 Å². The molecule has 0 radical (unpaired) electrons. The van der Waals surface area contributed by atoms with E-state index in [4.69, 9.17) is 15.0 Å². The second-order valence-corrected chi connectivity index (χ2v) is 6.20. The normalized spacial score (nSPS) is 10.8. The number of halogens is 1. The molecule has 25 heavy (non-hydrogen) atoms. The summed E-state index contributed by atoms with van der Waals surface area (Å²) in [5, 5.41) is 8.26. The minimum absolute atomic E-state index is 0.158. The molecule has 0 aliphatic rings. The summed E-state index contributed by atoms with van der Waals surface area (Å²) in [4.78, 5) is 15.1. The summed E-state index contributed by atoms with van der Waals surface area (Å²) in [7, 11) is 0. The van der Waals surface area contributed by atoms with Gasteiger partial charge in [0, 0.05) is 17.7 Å². The van der Waals surface area contributed by atoms with Crippen molar-refractivity contribution in [1.82, 2.24) is 19.9 Å². The quantitative estimate of drug-likeness (QED) is 0.644. The molecule has 1 aromatic carbocycles. The Balaban J connectivity index is 1.62. The number of rotatable bonds is 7. The molecule has 2 N–H and O–H groups in total. The Morgan fingerprint density at radius 2 is 2.12 bits per heavy atom. The minimum Gasteiger partial charge on any atom is -0.484 e. The Bertz CT molecular complexity index is 872. The summed E-state index contributed by atoms with van der Waals surface area (Å²) in [6.07, 6.45) is 2.35. The van der Waals surface area contributed by atoms with Crippen molar-refractivity contribution >= 4 is 21.8 Å². The smallest absolute Gasteiger partial charge is 0.255 e. The van der Waals surface area contributed by atoms with Gasteiger partial charge in [0.15, 0.2) is 6.61 Å². The second kappa shape index (κ2) is 7.47. The molecular weight excluding hydrogens is 390 g/mol. The van der Waals surface area contributed by atoms with E-state index in [2.05, 4.69) is 31.2 Å². The number of hydrogen-bond acceptors (Lipinski definition) is 6. The van der Waals surface area contributed by atoms with Crippen LogP contribution in [0.3, 0.4) is 0 Å². The van der Waals surface area contributed by atoms with Crippen LogP contribution in [-0.2, 0) is 17.8 Å². The summed E-state index contributed by atoms with van der Waals surface area (Å²) in [5.74, 6) is 1.06. The third-order valence-corrected chi connectivity index (χ3v) is 4.32. The van der Waals surface area contributed by atoms with Gasteiger partial charge in [-0.3, -0.25) is 9.48 Å². The molecule has 0 atom stereocenters. The number of carbonyl (C=O) groups excluding carboxylic acids is 1. The SMILES string of the molecule is Cc1c(Br)cnn1CCc1nc(-c2ccc(OCC(N)=O)cc2)no1. The van der Waals surface area contributed by atoms with Gasteiger partial charge in [-0.05, 0) is 47.1 Å². The van der Waals surface area contributed by atoms with Crippen LogP contribution in [0.15, 0.2) is 39.5 Å². The van der Waals surface area contributed by atoms with Crippen molar-refractivity contribution in [3.63, 3.8) is 0 Å². The number of carbonyl (C=O) groups is 1. The first-order valence-electron chi connectivity index (χ1n) is 7.55. The maximum absolute atomic E-state index is 10.7. The largest absolute Gasteiger partial charge is 0.484 e. The molecule has 0 spiro atoms. The summed E-state index contributed by atoms with van der Waals surface area (Å²) in [5.41, 5.74) is 6.88. The van der Waals surface area contributed by atoms with Crippen molar-refractivity contribution in [1.29, 1.82) is 0 Å². The van der Waals surface area contributed by atoms with Gasteiger partial charge in [0.1, 0.15) is 5.75 Å². The van der Waals surface area contributed by atoms with Crippen molar-refractivity contribution < 1.29 is 14.1 Å². The number of ether oxygens (including phenoxy) is 1. The molecule has 0 saturated heterocycles. The van der Waals surface area contributed by atoms with Crippen molar-refractivity contribution in [2.75, 3.05) is 6.61 Å². The molecule has 3 aromatic rings. The lowest BCUT2D eigenvalue weighted by atomic mass is 10.2. The summed E-state index contributed by atoms with van der Waals surface area (Å²) in [6.45, 7) is 2.48. The van der Waals surface area contributed by atoms with Crippen molar-refractivity contribution in [2.24, 2.45) is 5.73 Å². The highest BCUT2D eigenvalue weighted by atomic mass is 79.9. The van der Waals surface area contributed by atoms with Crippen LogP contribution in [0.1, 0.15) is 11.6 Å². The summed E-state index contributed by atoms with van der Waals surface area (Å²) >= 11 is 3.43. The van der Waals surface area contributed by atoms with Gasteiger partial charge in [0.25, 0.3) is 5.91 Å². The van der Waals surface area contributed by atoms with Crippen LogP contribution >= 0.6 is 15.9 Å². The van der Waals surface area contributed by atoms with Gasteiger partial charge >= 0.3 is 0 Å². The van der Waals surface area contributed by atoms with E-state index in [1.165, 1.54) is 0 Å². The molecule has 0 bridgehead atoms. The third kappa shape index (κ3) is 4.24. The molecular formula is C16H16BrN5O3. The highest BCUT2D eigenvalue weighted by Gasteiger charge is 2.10. The molecule has 3 rings (SSSR count). The fourth-order valence-electron chi connectivity index (χ4n) is 2.18. The highest BCUT2D eigenvalue weighted by Crippen LogP contribution is 2.20. The van der Waals surface area contributed by atoms with Gasteiger partial charge in [0.2, 0.25) is 11.7 Å². The van der Waals surface area contributed by atoms with Gasteiger partial charge in [-0.15, -0.1) is 0 Å². The molecule has 2 aromatic heterocycles. The van der Waals surface area contributed by atoms with Crippen LogP contribution in [0.4, 0.5) is 0 Å². The zero-order valence-electron chi connectivity index (χ0n) is 13.5. The third-order valence-electron chi connectivity index (χ3n) is 3.54. The van der Waals surface area contributed by atoms with Gasteiger partial charge < -0.3 is 15.0 Å². The van der Waals surface area contributed by atoms with E-state index < -0.39 is 5.91 Å². The minimum atomic E-state index is -0.522. The van der Waals surface area contributed by atoms with E-state index in [1.807, 2.05) is 11.6 Å². The molecule has 0 unspecified atom stereocenters. The van der Waals surface area contributed by atoms with Crippen LogP contribution < -0.4 is 10.5 Å². The van der Waals surface area contributed by atoms with Crippen LogP contribution in [0.25, 0.3) is 11.4 Å². The molecule has 0 aliphatic heterocycles. The highest BCUT2D eigenvalue weighted by molar-refractivity contribution is 9.10. The first-order valence-corrected chi connectivity index (χ1v) is 8.34. The lowest BCUT2D eigenvalue weighted by Gasteiger charge is -2.03. The zero-order chi connectivity index (χ0) is 17.8. The maximum Gasteiger partial charge on any atom is 0.255 e. The van der Waals surface area contributed by atoms with Gasteiger partial charge in [0.05, 0.1) is 17.2 Å². The monoisotopic (exact) mass is 405 g/mol. The van der Waals surface area contributed by atoms with E-state index in [0.29, 0.717) is 30.4 Å². The number of aryl methyl sites for hydroxylation is 2. The first-order chi connectivity index (χ1) is 12.0. The van der Waals surface area contributed by atoms with Gasteiger partial charge in [-0.2, -0.15) is 10.1 Å². The fraction of sp³-hybridized carbons (Fsp3) is 0.250. The van der Waals surface area contributed by atoms with E-state index >= 15 is 0 Å². The molecule has 1 amide bonds. The van der Waals surface area contributed by atoms with Crippen molar-refractivity contribution in [2.45, 2.75) is 19.9 Å². The van der Waals surface area contributed by atoms with Gasteiger partial charge in [-0.1, -0.05) is 5.16 Å². The number of benzene rings is 1. The van der Waals surface area contributed by atoms with Crippen LogP contribution in [0.5, 0.6) is 5.75 Å². The average Bonchev–Trinajstić information content (AvgIpc) is 3.20. The van der Waals surface area contributed by atoms with Crippen LogP contribution in [-0.4, -0.2) is 32.4 Å². The molecule has 2 heterocycles. The second-order valence-electron chi connectivity index (χ2n) is 5.34. The molecule has 0 aliphatic carbocycles. The van der Waals surface area contributed by atoms with E-state index in [9.17, 15) is 4.79 Å². The van der Waals surface area contributed by atoms with Crippen molar-refractivity contribution in [3.05, 3.63) is 46.5 Å². The van der Waals surface area contributed by atoms with E-state index in [1.54, 1.807) is 30.5 Å². The number of primary amides is 1. The Hall–Kier alpha value is -2.68. The lowest BCUT2D eigenvalue weighted by Crippen LogP contribution is -2.19. The summed E-state index contributed by atoms with van der Waals surface area (Å²) in [6, 6.07) is 7.03.